The molecule has 0 saturated heterocycles. The smallest absolute Gasteiger partial charge is 0.272 e. The monoisotopic (exact) mass is 773 g/mol. The van der Waals surface area contributed by atoms with E-state index in [4.69, 9.17) is 0 Å². The third-order valence-corrected chi connectivity index (χ3v) is 8.86. The summed E-state index contributed by atoms with van der Waals surface area (Å²) in [6.07, 6.45) is 5.49. The van der Waals surface area contributed by atoms with E-state index in [1.54, 1.807) is 12.1 Å². The van der Waals surface area contributed by atoms with Crippen LogP contribution in [0.3, 0.4) is 0 Å². The van der Waals surface area contributed by atoms with Crippen LogP contribution in [0.25, 0.3) is 34.4 Å². The maximum Gasteiger partial charge on any atom is 0.272 e. The highest BCUT2D eigenvalue weighted by Crippen LogP contribution is 2.47. The topological polar surface area (TPSA) is 265 Å². The number of benzene rings is 5. The Morgan fingerprint density at radius 3 is 1.40 bits per heavy atom. The molecule has 15 nitrogen and oxygen atoms in total. The highest BCUT2D eigenvalue weighted by molar-refractivity contribution is 6.12. The molecule has 0 bridgehead atoms. The predicted octanol–water partition coefficient (Wildman–Crippen LogP) is 5.92. The Labute approximate surface area is 323 Å². The van der Waals surface area contributed by atoms with Gasteiger partial charge < -0.3 is 66.3 Å². The van der Waals surface area contributed by atoms with Crippen LogP contribution in [0.1, 0.15) is 37.7 Å². The van der Waals surface area contributed by atoms with Gasteiger partial charge >= 0.3 is 0 Å². The fourth-order valence-electron chi connectivity index (χ4n) is 6.06. The summed E-state index contributed by atoms with van der Waals surface area (Å²) >= 11 is 0. The fourth-order valence-corrected chi connectivity index (χ4v) is 6.06. The summed E-state index contributed by atoms with van der Waals surface area (Å²) in [5, 5.41) is 107. The van der Waals surface area contributed by atoms with Gasteiger partial charge in [0.15, 0.2) is 51.7 Å². The summed E-state index contributed by atoms with van der Waals surface area (Å²) in [6, 6.07) is 19.9. The van der Waals surface area contributed by atoms with E-state index in [2.05, 4.69) is 10.6 Å². The number of nitrogens with one attached hydrogen (secondary N) is 2. The number of carbonyl (C=O) groups excluding carboxylic acids is 2. The van der Waals surface area contributed by atoms with E-state index < -0.39 is 52.1 Å². The lowest BCUT2D eigenvalue weighted by molar-refractivity contribution is 0.0955. The Morgan fingerprint density at radius 1 is 0.491 bits per heavy atom. The van der Waals surface area contributed by atoms with Crippen LogP contribution in [0.4, 0.5) is 0 Å². The molecule has 57 heavy (non-hydrogen) atoms. The van der Waals surface area contributed by atoms with Crippen LogP contribution in [-0.4, -0.2) is 67.4 Å². The maximum absolute atomic E-state index is 14.5. The van der Waals surface area contributed by atoms with Gasteiger partial charge in [0.25, 0.3) is 11.8 Å². The van der Waals surface area contributed by atoms with Crippen LogP contribution in [0, 0.1) is 0 Å². The van der Waals surface area contributed by atoms with Gasteiger partial charge in [-0.15, -0.1) is 0 Å². The van der Waals surface area contributed by atoms with Crippen molar-refractivity contribution >= 4 is 24.0 Å². The molecule has 0 atom stereocenters. The van der Waals surface area contributed by atoms with E-state index in [1.165, 1.54) is 83.7 Å². The Bertz CT molecular complexity index is 2550. The third-order valence-electron chi connectivity index (χ3n) is 8.86. The first-order chi connectivity index (χ1) is 27.2. The molecular formula is C42H35N3O12. The van der Waals surface area contributed by atoms with Crippen molar-refractivity contribution < 1.29 is 60.7 Å². The molecule has 0 aliphatic heterocycles. The molecule has 15 heteroatoms. The Morgan fingerprint density at radius 2 is 0.930 bits per heavy atom. The number of rotatable bonds is 11. The quantitative estimate of drug-likeness (QED) is 0.0685. The number of carbonyl (C=O) groups is 2. The molecular weight excluding hydrogens is 738 g/mol. The number of nitrogens with zero attached hydrogens (tertiary/aromatic N) is 1. The molecule has 0 spiro atoms. The van der Waals surface area contributed by atoms with E-state index in [0.717, 1.165) is 24.3 Å². The molecule has 6 aromatic rings. The standard InChI is InChI=1S/C42H35N3O12/c46-27-6-1-22(2-7-27)13-16-45-38(41(56)43-14-11-23-3-8-28(47)31(50)17-23)36(25-5-10-30(49)33(52)19-25)37(26-20-34(53)40(55)35(54)21-26)39(45)42(57)44-15-12-24-4-9-29(48)32(51)18-24/h1-12,14-15,17-21,46-55H,13,16H2,(H,43,56)(H,44,57). The normalized spacial score (nSPS) is 11.3. The zero-order valence-electron chi connectivity index (χ0n) is 29.6. The largest absolute Gasteiger partial charge is 0.508 e. The van der Waals surface area contributed by atoms with Crippen LogP contribution in [0.15, 0.2) is 103 Å². The van der Waals surface area contributed by atoms with Crippen LogP contribution < -0.4 is 10.6 Å². The average molecular weight is 774 g/mol. The maximum atomic E-state index is 14.5. The summed E-state index contributed by atoms with van der Waals surface area (Å²) in [7, 11) is 0. The van der Waals surface area contributed by atoms with Crippen LogP contribution in [-0.2, 0) is 13.0 Å². The van der Waals surface area contributed by atoms with Gasteiger partial charge in [-0.25, -0.2) is 0 Å². The Kier molecular flexibility index (Phi) is 10.8. The summed E-state index contributed by atoms with van der Waals surface area (Å²) in [6.45, 7) is -0.0888. The molecule has 1 heterocycles. The predicted molar refractivity (Wildman–Crippen MR) is 208 cm³/mol. The molecule has 0 fully saturated rings. The molecule has 5 aromatic carbocycles. The molecule has 12 N–H and O–H groups in total. The van der Waals surface area contributed by atoms with Gasteiger partial charge in [-0.3, -0.25) is 9.59 Å². The SMILES string of the molecule is O=C(NC=Cc1ccc(O)c(O)c1)c1c(-c2ccc(O)c(O)c2)c(-c2cc(O)c(O)c(O)c2)c(C(=O)NC=Cc2ccc(O)c(O)c2)n1CCc1ccc(O)cc1. The van der Waals surface area contributed by atoms with E-state index in [-0.39, 0.29) is 63.9 Å². The number of phenolic OH excluding ortho intramolecular Hbond substituents is 10. The number of aromatic nitrogens is 1. The minimum Gasteiger partial charge on any atom is -0.508 e. The lowest BCUT2D eigenvalue weighted by Gasteiger charge is -2.14. The zero-order chi connectivity index (χ0) is 41.0. The number of phenols is 10. The first kappa shape index (κ1) is 38.5. The summed E-state index contributed by atoms with van der Waals surface area (Å²) in [5.41, 5.74) is 1.01. The van der Waals surface area contributed by atoms with Gasteiger partial charge in [-0.2, -0.15) is 0 Å². The second kappa shape index (κ2) is 16.0. The molecule has 0 unspecified atom stereocenters. The first-order valence-electron chi connectivity index (χ1n) is 17.0. The van der Waals surface area contributed by atoms with E-state index >= 15 is 0 Å². The molecule has 0 radical (unpaired) electrons. The van der Waals surface area contributed by atoms with Gasteiger partial charge in [-0.05, 0) is 107 Å². The Hall–Kier alpha value is -8.20. The van der Waals surface area contributed by atoms with Crippen LogP contribution in [0.2, 0.25) is 0 Å². The Balaban J connectivity index is 1.60. The second-order valence-corrected chi connectivity index (χ2v) is 12.7. The number of hydrogen-bond donors (Lipinski definition) is 12. The van der Waals surface area contributed by atoms with Crippen LogP contribution >= 0.6 is 0 Å². The van der Waals surface area contributed by atoms with Crippen molar-refractivity contribution in [3.63, 3.8) is 0 Å². The molecule has 1 aromatic heterocycles. The van der Waals surface area contributed by atoms with Gasteiger partial charge in [0.2, 0.25) is 0 Å². The number of hydrogen-bond acceptors (Lipinski definition) is 12. The zero-order valence-corrected chi connectivity index (χ0v) is 29.6. The van der Waals surface area contributed by atoms with Crippen molar-refractivity contribution in [2.45, 2.75) is 13.0 Å². The van der Waals surface area contributed by atoms with Gasteiger partial charge in [-0.1, -0.05) is 30.3 Å². The lowest BCUT2D eigenvalue weighted by Crippen LogP contribution is -2.27. The van der Waals surface area contributed by atoms with E-state index in [9.17, 15) is 60.7 Å². The van der Waals surface area contributed by atoms with Gasteiger partial charge in [0.1, 0.15) is 17.1 Å². The number of aryl methyl sites for hydroxylation is 1. The molecule has 6 rings (SSSR count). The minimum atomic E-state index is -0.858. The van der Waals surface area contributed by atoms with Gasteiger partial charge in [0.05, 0.1) is 0 Å². The van der Waals surface area contributed by atoms with Crippen molar-refractivity contribution in [3.8, 4) is 79.7 Å². The highest BCUT2D eigenvalue weighted by atomic mass is 16.3. The summed E-state index contributed by atoms with van der Waals surface area (Å²) in [4.78, 5) is 29.0. The van der Waals surface area contributed by atoms with Crippen molar-refractivity contribution in [1.82, 2.24) is 15.2 Å². The average Bonchev–Trinajstić information content (AvgIpc) is 3.52. The van der Waals surface area contributed by atoms with Crippen molar-refractivity contribution in [2.24, 2.45) is 0 Å². The van der Waals surface area contributed by atoms with Crippen molar-refractivity contribution in [3.05, 3.63) is 131 Å². The number of amides is 2. The van der Waals surface area contributed by atoms with Gasteiger partial charge in [0, 0.05) is 30.1 Å². The second-order valence-electron chi connectivity index (χ2n) is 12.7. The fraction of sp³-hybridized carbons (Fsp3) is 0.0476. The van der Waals surface area contributed by atoms with Crippen LogP contribution in [0.5, 0.6) is 57.5 Å². The first-order valence-corrected chi connectivity index (χ1v) is 17.0. The number of aromatic hydroxyl groups is 10. The molecule has 0 saturated carbocycles. The minimum absolute atomic E-state index is 0.00553. The molecule has 2 amide bonds. The third kappa shape index (κ3) is 8.32. The van der Waals surface area contributed by atoms with E-state index in [0.29, 0.717) is 16.7 Å². The highest BCUT2D eigenvalue weighted by Gasteiger charge is 2.33. The molecule has 0 aliphatic rings. The van der Waals surface area contributed by atoms with E-state index in [1.807, 2.05) is 0 Å². The molecule has 0 aliphatic carbocycles. The summed E-state index contributed by atoms with van der Waals surface area (Å²) in [5.74, 6) is -6.66. The lowest BCUT2D eigenvalue weighted by atomic mass is 9.93. The molecule has 290 valence electrons. The van der Waals surface area contributed by atoms with Crippen molar-refractivity contribution in [1.29, 1.82) is 0 Å². The summed E-state index contributed by atoms with van der Waals surface area (Å²) < 4.78 is 1.37. The van der Waals surface area contributed by atoms with Crippen molar-refractivity contribution in [2.75, 3.05) is 0 Å².